The Bertz CT molecular complexity index is 965. The molecule has 4 aromatic rings. The van der Waals surface area contributed by atoms with Crippen molar-refractivity contribution in [2.45, 2.75) is 0 Å². The van der Waals surface area contributed by atoms with Crippen LogP contribution in [0.2, 0.25) is 0 Å². The van der Waals surface area contributed by atoms with Crippen LogP contribution in [0.25, 0.3) is 22.6 Å². The van der Waals surface area contributed by atoms with Gasteiger partial charge in [0.25, 0.3) is 5.56 Å². The SMILES string of the molecule is O=c1c(=Cc2ccco2)sc2nc(-c3ccco3)nn12. The van der Waals surface area contributed by atoms with Gasteiger partial charge in [0.15, 0.2) is 5.76 Å². The monoisotopic (exact) mass is 285 g/mol. The molecule has 0 fully saturated rings. The summed E-state index contributed by atoms with van der Waals surface area (Å²) in [6.45, 7) is 0. The average molecular weight is 285 g/mol. The fourth-order valence-electron chi connectivity index (χ4n) is 1.85. The Balaban J connectivity index is 1.90. The smallest absolute Gasteiger partial charge is 0.291 e. The highest BCUT2D eigenvalue weighted by Gasteiger charge is 2.13. The molecule has 4 rings (SSSR count). The molecule has 0 saturated heterocycles. The molecular formula is C13H7N3O3S. The lowest BCUT2D eigenvalue weighted by atomic mass is 10.4. The number of aromatic nitrogens is 3. The van der Waals surface area contributed by atoms with Crippen molar-refractivity contribution in [3.8, 4) is 11.6 Å². The van der Waals surface area contributed by atoms with Gasteiger partial charge in [0, 0.05) is 6.08 Å². The van der Waals surface area contributed by atoms with Crippen molar-refractivity contribution in [1.29, 1.82) is 0 Å². The topological polar surface area (TPSA) is 73.5 Å². The van der Waals surface area contributed by atoms with Crippen LogP contribution in [0.4, 0.5) is 0 Å². The molecule has 0 spiro atoms. The van der Waals surface area contributed by atoms with Gasteiger partial charge >= 0.3 is 0 Å². The second kappa shape index (κ2) is 4.17. The lowest BCUT2D eigenvalue weighted by molar-refractivity contribution is 0.556. The first kappa shape index (κ1) is 11.2. The van der Waals surface area contributed by atoms with Gasteiger partial charge < -0.3 is 8.83 Å². The predicted octanol–water partition coefficient (Wildman–Crippen LogP) is 1.55. The zero-order chi connectivity index (χ0) is 13.5. The summed E-state index contributed by atoms with van der Waals surface area (Å²) < 4.78 is 12.2. The Morgan fingerprint density at radius 2 is 2.05 bits per heavy atom. The number of hydrogen-bond acceptors (Lipinski definition) is 6. The molecule has 0 N–H and O–H groups in total. The first-order chi connectivity index (χ1) is 9.81. The largest absolute Gasteiger partial charge is 0.465 e. The number of rotatable bonds is 2. The molecule has 20 heavy (non-hydrogen) atoms. The van der Waals surface area contributed by atoms with Crippen molar-refractivity contribution in [2.24, 2.45) is 0 Å². The van der Waals surface area contributed by atoms with E-state index in [1.165, 1.54) is 15.9 Å². The van der Waals surface area contributed by atoms with Crippen molar-refractivity contribution >= 4 is 22.4 Å². The molecule has 0 aliphatic rings. The van der Waals surface area contributed by atoms with Gasteiger partial charge in [-0.05, 0) is 24.3 Å². The molecule has 0 aliphatic carbocycles. The van der Waals surface area contributed by atoms with Gasteiger partial charge in [-0.2, -0.15) is 9.50 Å². The predicted molar refractivity (Wildman–Crippen MR) is 72.3 cm³/mol. The van der Waals surface area contributed by atoms with Crippen molar-refractivity contribution in [3.05, 3.63) is 57.4 Å². The maximum Gasteiger partial charge on any atom is 0.291 e. The van der Waals surface area contributed by atoms with E-state index in [0.717, 1.165) is 0 Å². The van der Waals surface area contributed by atoms with Crippen LogP contribution in [0, 0.1) is 0 Å². The quantitative estimate of drug-likeness (QED) is 0.558. The molecular weight excluding hydrogens is 278 g/mol. The molecule has 4 aromatic heterocycles. The van der Waals surface area contributed by atoms with Crippen LogP contribution in [0.1, 0.15) is 5.76 Å². The van der Waals surface area contributed by atoms with Crippen LogP contribution in [0.5, 0.6) is 0 Å². The van der Waals surface area contributed by atoms with E-state index in [2.05, 4.69) is 10.1 Å². The Hall–Kier alpha value is -2.67. The highest BCUT2D eigenvalue weighted by atomic mass is 32.1. The molecule has 0 atom stereocenters. The lowest BCUT2D eigenvalue weighted by Crippen LogP contribution is -2.23. The molecule has 6 nitrogen and oxygen atoms in total. The van der Waals surface area contributed by atoms with E-state index < -0.39 is 0 Å². The summed E-state index contributed by atoms with van der Waals surface area (Å²) in [5.41, 5.74) is -0.216. The third-order valence-corrected chi connectivity index (χ3v) is 3.70. The molecule has 0 aromatic carbocycles. The van der Waals surface area contributed by atoms with Crippen LogP contribution in [0.15, 0.2) is 50.4 Å². The number of nitrogens with zero attached hydrogens (tertiary/aromatic N) is 3. The second-order valence-corrected chi connectivity index (χ2v) is 5.05. The standard InChI is InChI=1S/C13H7N3O3S/c17-12-10(7-8-3-1-5-18-8)20-13-14-11(15-16(12)13)9-4-2-6-19-9/h1-7H. The van der Waals surface area contributed by atoms with E-state index in [4.69, 9.17) is 8.83 Å². The van der Waals surface area contributed by atoms with Crippen molar-refractivity contribution in [3.63, 3.8) is 0 Å². The minimum absolute atomic E-state index is 0.216. The molecule has 7 heteroatoms. The Morgan fingerprint density at radius 1 is 1.20 bits per heavy atom. The highest BCUT2D eigenvalue weighted by molar-refractivity contribution is 7.15. The first-order valence-electron chi connectivity index (χ1n) is 5.80. The van der Waals surface area contributed by atoms with Gasteiger partial charge in [0.05, 0.1) is 12.5 Å². The first-order valence-corrected chi connectivity index (χ1v) is 6.61. The summed E-state index contributed by atoms with van der Waals surface area (Å²) in [5.74, 6) is 1.57. The van der Waals surface area contributed by atoms with Crippen molar-refractivity contribution < 1.29 is 8.83 Å². The molecule has 4 heterocycles. The van der Waals surface area contributed by atoms with E-state index in [1.807, 2.05) is 0 Å². The van der Waals surface area contributed by atoms with Crippen LogP contribution in [-0.4, -0.2) is 14.6 Å². The van der Waals surface area contributed by atoms with E-state index in [-0.39, 0.29) is 5.56 Å². The molecule has 0 aliphatic heterocycles. The van der Waals surface area contributed by atoms with E-state index in [1.54, 1.807) is 42.9 Å². The normalized spacial score (nSPS) is 12.5. The van der Waals surface area contributed by atoms with Gasteiger partial charge in [0.1, 0.15) is 10.3 Å². The maximum atomic E-state index is 12.2. The van der Waals surface area contributed by atoms with Gasteiger partial charge in [-0.25, -0.2) is 0 Å². The molecule has 98 valence electrons. The van der Waals surface area contributed by atoms with Gasteiger partial charge in [0.2, 0.25) is 10.8 Å². The summed E-state index contributed by atoms with van der Waals surface area (Å²) in [7, 11) is 0. The number of thiazole rings is 1. The molecule has 0 unspecified atom stereocenters. The average Bonchev–Trinajstić information content (AvgIpc) is 3.19. The van der Waals surface area contributed by atoms with Crippen LogP contribution >= 0.6 is 11.3 Å². The number of fused-ring (bicyclic) bond motifs is 1. The molecule has 0 bridgehead atoms. The third-order valence-electron chi connectivity index (χ3n) is 2.74. The second-order valence-electron chi connectivity index (χ2n) is 4.04. The Morgan fingerprint density at radius 3 is 2.75 bits per heavy atom. The van der Waals surface area contributed by atoms with Gasteiger partial charge in [-0.15, -0.1) is 5.10 Å². The number of hydrogen-bond donors (Lipinski definition) is 0. The number of furan rings is 2. The van der Waals surface area contributed by atoms with E-state index in [9.17, 15) is 4.79 Å². The summed E-state index contributed by atoms with van der Waals surface area (Å²) in [4.78, 5) is 17.0. The zero-order valence-corrected chi connectivity index (χ0v) is 10.8. The van der Waals surface area contributed by atoms with Gasteiger partial charge in [-0.3, -0.25) is 4.79 Å². The van der Waals surface area contributed by atoms with Crippen LogP contribution in [-0.2, 0) is 0 Å². The fourth-order valence-corrected chi connectivity index (χ4v) is 2.73. The third kappa shape index (κ3) is 1.68. The summed E-state index contributed by atoms with van der Waals surface area (Å²) >= 11 is 1.26. The van der Waals surface area contributed by atoms with E-state index in [0.29, 0.717) is 26.8 Å². The summed E-state index contributed by atoms with van der Waals surface area (Å²) in [6, 6.07) is 7.05. The highest BCUT2D eigenvalue weighted by Crippen LogP contribution is 2.16. The maximum absolute atomic E-state index is 12.2. The fraction of sp³-hybridized carbons (Fsp3) is 0. The molecule has 0 saturated carbocycles. The lowest BCUT2D eigenvalue weighted by Gasteiger charge is -1.84. The summed E-state index contributed by atoms with van der Waals surface area (Å²) in [5, 5.41) is 4.16. The van der Waals surface area contributed by atoms with Crippen LogP contribution < -0.4 is 10.1 Å². The Kier molecular flexibility index (Phi) is 2.33. The minimum Gasteiger partial charge on any atom is -0.465 e. The molecule has 0 radical (unpaired) electrons. The van der Waals surface area contributed by atoms with E-state index >= 15 is 0 Å². The summed E-state index contributed by atoms with van der Waals surface area (Å²) in [6.07, 6.45) is 4.77. The minimum atomic E-state index is -0.216. The Labute approximate surface area is 115 Å². The van der Waals surface area contributed by atoms with Crippen molar-refractivity contribution in [2.75, 3.05) is 0 Å². The van der Waals surface area contributed by atoms with Gasteiger partial charge in [-0.1, -0.05) is 11.3 Å². The van der Waals surface area contributed by atoms with Crippen LogP contribution in [0.3, 0.4) is 0 Å². The van der Waals surface area contributed by atoms with Crippen molar-refractivity contribution in [1.82, 2.24) is 14.6 Å². The zero-order valence-electron chi connectivity index (χ0n) is 10.0. The molecule has 0 amide bonds.